The van der Waals surface area contributed by atoms with E-state index in [1.165, 1.54) is 11.1 Å². The molecular weight excluding hydrogens is 310 g/mol. The van der Waals surface area contributed by atoms with Crippen molar-refractivity contribution in [3.05, 3.63) is 54.4 Å². The average molecular weight is 327 g/mol. The van der Waals surface area contributed by atoms with Gasteiger partial charge >= 0.3 is 6.09 Å². The number of nitrogens with zero attached hydrogens (tertiary/aromatic N) is 2. The number of ether oxygens (including phenoxy) is 2. The number of cyclic esters (lactones) is 1. The first-order chi connectivity index (χ1) is 11.7. The van der Waals surface area contributed by atoms with Crippen LogP contribution >= 0.6 is 0 Å². The van der Waals surface area contributed by atoms with Gasteiger partial charge < -0.3 is 14.8 Å². The monoisotopic (exact) mass is 327 g/mol. The molecule has 7 heteroatoms. The summed E-state index contributed by atoms with van der Waals surface area (Å²) in [5.41, 5.74) is 1.16. The van der Waals surface area contributed by atoms with Gasteiger partial charge in [0.05, 0.1) is 31.5 Å². The molecule has 1 aromatic heterocycles. The Labute approximate surface area is 139 Å². The second-order valence-electron chi connectivity index (χ2n) is 5.27. The van der Waals surface area contributed by atoms with E-state index in [-0.39, 0.29) is 12.5 Å². The van der Waals surface area contributed by atoms with Crippen LogP contribution in [0.4, 0.5) is 10.5 Å². The van der Waals surface area contributed by atoms with Gasteiger partial charge in [-0.1, -0.05) is 6.07 Å². The SMILES string of the molecule is COc1cccc(N2CC(CNC(=O)c3cccnc3)OC2=O)c1. The van der Waals surface area contributed by atoms with Gasteiger partial charge in [0.25, 0.3) is 5.91 Å². The van der Waals surface area contributed by atoms with Crippen LogP contribution in [0.25, 0.3) is 0 Å². The van der Waals surface area contributed by atoms with Gasteiger partial charge in [0.1, 0.15) is 11.9 Å². The molecule has 3 rings (SSSR count). The standard InChI is InChI=1S/C17H17N3O4/c1-23-14-6-2-5-13(8-14)20-11-15(24-17(20)22)10-19-16(21)12-4-3-7-18-9-12/h2-9,15H,10-11H2,1H3,(H,19,21). The lowest BCUT2D eigenvalue weighted by molar-refractivity contribution is 0.0915. The van der Waals surface area contributed by atoms with Crippen LogP contribution in [0, 0.1) is 0 Å². The van der Waals surface area contributed by atoms with E-state index in [4.69, 9.17) is 9.47 Å². The predicted molar refractivity (Wildman–Crippen MR) is 87.2 cm³/mol. The molecule has 0 radical (unpaired) electrons. The average Bonchev–Trinajstić information content (AvgIpc) is 3.01. The van der Waals surface area contributed by atoms with Gasteiger partial charge in [0.15, 0.2) is 0 Å². The molecule has 1 N–H and O–H groups in total. The molecular formula is C17H17N3O4. The first-order valence-corrected chi connectivity index (χ1v) is 7.48. The van der Waals surface area contributed by atoms with Crippen molar-refractivity contribution in [1.29, 1.82) is 0 Å². The van der Waals surface area contributed by atoms with E-state index in [0.717, 1.165) is 0 Å². The van der Waals surface area contributed by atoms with Gasteiger partial charge in [-0.15, -0.1) is 0 Å². The topological polar surface area (TPSA) is 80.8 Å². The fourth-order valence-corrected chi connectivity index (χ4v) is 2.42. The maximum Gasteiger partial charge on any atom is 0.414 e. The minimum Gasteiger partial charge on any atom is -0.497 e. The molecule has 124 valence electrons. The normalized spacial score (nSPS) is 16.6. The zero-order valence-corrected chi connectivity index (χ0v) is 13.1. The van der Waals surface area contributed by atoms with Crippen molar-refractivity contribution >= 4 is 17.7 Å². The van der Waals surface area contributed by atoms with Gasteiger partial charge in [0.2, 0.25) is 0 Å². The molecule has 1 aromatic carbocycles. The summed E-state index contributed by atoms with van der Waals surface area (Å²) in [7, 11) is 1.57. The van der Waals surface area contributed by atoms with Crippen molar-refractivity contribution in [3.63, 3.8) is 0 Å². The maximum absolute atomic E-state index is 12.0. The summed E-state index contributed by atoms with van der Waals surface area (Å²) in [6.07, 6.45) is 2.23. The Morgan fingerprint density at radius 3 is 3.04 bits per heavy atom. The van der Waals surface area contributed by atoms with Gasteiger partial charge in [-0.3, -0.25) is 14.7 Å². The number of carbonyl (C=O) groups is 2. The lowest BCUT2D eigenvalue weighted by atomic mass is 10.2. The van der Waals surface area contributed by atoms with Crippen LogP contribution in [0.15, 0.2) is 48.8 Å². The van der Waals surface area contributed by atoms with Crippen molar-refractivity contribution in [2.24, 2.45) is 0 Å². The molecule has 0 bridgehead atoms. The highest BCUT2D eigenvalue weighted by Crippen LogP contribution is 2.25. The quantitative estimate of drug-likeness (QED) is 0.906. The number of pyridine rings is 1. The minimum atomic E-state index is -0.441. The van der Waals surface area contributed by atoms with Crippen molar-refractivity contribution in [2.75, 3.05) is 25.1 Å². The van der Waals surface area contributed by atoms with Crippen LogP contribution < -0.4 is 15.0 Å². The van der Waals surface area contributed by atoms with Gasteiger partial charge in [-0.05, 0) is 24.3 Å². The van der Waals surface area contributed by atoms with E-state index >= 15 is 0 Å². The Hall–Kier alpha value is -3.09. The zero-order chi connectivity index (χ0) is 16.9. The molecule has 0 aliphatic carbocycles. The molecule has 1 fully saturated rings. The maximum atomic E-state index is 12.0. The molecule has 0 spiro atoms. The van der Waals surface area contributed by atoms with Gasteiger partial charge in [0, 0.05) is 18.5 Å². The van der Waals surface area contributed by atoms with Crippen LogP contribution in [-0.4, -0.2) is 43.3 Å². The molecule has 1 atom stereocenters. The molecule has 7 nitrogen and oxygen atoms in total. The highest BCUT2D eigenvalue weighted by atomic mass is 16.6. The highest BCUT2D eigenvalue weighted by Gasteiger charge is 2.32. The molecule has 0 saturated carbocycles. The van der Waals surface area contributed by atoms with E-state index < -0.39 is 12.2 Å². The number of rotatable bonds is 5. The van der Waals surface area contributed by atoms with E-state index in [1.807, 2.05) is 0 Å². The van der Waals surface area contributed by atoms with Crippen molar-refractivity contribution in [2.45, 2.75) is 6.10 Å². The summed E-state index contributed by atoms with van der Waals surface area (Å²) in [5, 5.41) is 2.75. The zero-order valence-electron chi connectivity index (χ0n) is 13.1. The first-order valence-electron chi connectivity index (χ1n) is 7.48. The van der Waals surface area contributed by atoms with Crippen molar-refractivity contribution in [1.82, 2.24) is 10.3 Å². The molecule has 1 aliphatic rings. The fraction of sp³-hybridized carbons (Fsp3) is 0.235. The Morgan fingerprint density at radius 2 is 2.29 bits per heavy atom. The van der Waals surface area contributed by atoms with E-state index in [2.05, 4.69) is 10.3 Å². The first kappa shape index (κ1) is 15.8. The minimum absolute atomic E-state index is 0.236. The molecule has 2 heterocycles. The number of hydrogen-bond acceptors (Lipinski definition) is 5. The van der Waals surface area contributed by atoms with E-state index in [9.17, 15) is 9.59 Å². The van der Waals surface area contributed by atoms with Crippen LogP contribution in [0.1, 0.15) is 10.4 Å². The van der Waals surface area contributed by atoms with E-state index in [0.29, 0.717) is 23.5 Å². The lowest BCUT2D eigenvalue weighted by Crippen LogP contribution is -2.34. The molecule has 24 heavy (non-hydrogen) atoms. The van der Waals surface area contributed by atoms with Gasteiger partial charge in [-0.25, -0.2) is 4.79 Å². The van der Waals surface area contributed by atoms with Crippen LogP contribution in [0.3, 0.4) is 0 Å². The number of methoxy groups -OCH3 is 1. The second-order valence-corrected chi connectivity index (χ2v) is 5.27. The number of benzene rings is 1. The summed E-state index contributed by atoms with van der Waals surface area (Å²) in [6, 6.07) is 10.5. The number of carbonyl (C=O) groups excluding carboxylic acids is 2. The molecule has 1 saturated heterocycles. The fourth-order valence-electron chi connectivity index (χ4n) is 2.42. The Balaban J connectivity index is 1.59. The summed E-state index contributed by atoms with van der Waals surface area (Å²) in [5.74, 6) is 0.410. The summed E-state index contributed by atoms with van der Waals surface area (Å²) < 4.78 is 10.5. The number of anilines is 1. The molecule has 2 aromatic rings. The van der Waals surface area contributed by atoms with Crippen LogP contribution in [0.5, 0.6) is 5.75 Å². The van der Waals surface area contributed by atoms with Gasteiger partial charge in [-0.2, -0.15) is 0 Å². The van der Waals surface area contributed by atoms with Crippen molar-refractivity contribution < 1.29 is 19.1 Å². The predicted octanol–water partition coefficient (Wildman–Crippen LogP) is 1.85. The Bertz CT molecular complexity index is 736. The summed E-state index contributed by atoms with van der Waals surface area (Å²) in [4.78, 5) is 29.5. The van der Waals surface area contributed by atoms with Crippen molar-refractivity contribution in [3.8, 4) is 5.75 Å². The number of amides is 2. The molecule has 1 aliphatic heterocycles. The number of aromatic nitrogens is 1. The lowest BCUT2D eigenvalue weighted by Gasteiger charge is -2.14. The number of nitrogens with one attached hydrogen (secondary N) is 1. The summed E-state index contributed by atoms with van der Waals surface area (Å²) >= 11 is 0. The highest BCUT2D eigenvalue weighted by molar-refractivity contribution is 5.94. The Kier molecular flexibility index (Phi) is 4.60. The summed E-state index contributed by atoms with van der Waals surface area (Å²) in [6.45, 7) is 0.596. The van der Waals surface area contributed by atoms with E-state index in [1.54, 1.807) is 49.7 Å². The third-order valence-electron chi connectivity index (χ3n) is 3.65. The molecule has 2 amide bonds. The van der Waals surface area contributed by atoms with Crippen LogP contribution in [0.2, 0.25) is 0 Å². The Morgan fingerprint density at radius 1 is 1.42 bits per heavy atom. The molecule has 1 unspecified atom stereocenters. The third-order valence-corrected chi connectivity index (χ3v) is 3.65. The largest absolute Gasteiger partial charge is 0.497 e. The third kappa shape index (κ3) is 3.45. The second kappa shape index (κ2) is 6.99. The smallest absolute Gasteiger partial charge is 0.414 e. The number of hydrogen-bond donors (Lipinski definition) is 1. The van der Waals surface area contributed by atoms with Crippen LogP contribution in [-0.2, 0) is 4.74 Å².